The number of carbonyl (C=O) groups excluding carboxylic acids is 1. The zero-order valence-corrected chi connectivity index (χ0v) is 17.2. The van der Waals surface area contributed by atoms with E-state index in [1.807, 2.05) is 25.1 Å². The van der Waals surface area contributed by atoms with E-state index in [-0.39, 0.29) is 12.5 Å². The van der Waals surface area contributed by atoms with Gasteiger partial charge in [-0.05, 0) is 61.0 Å². The van der Waals surface area contributed by atoms with Gasteiger partial charge in [0.15, 0.2) is 0 Å². The van der Waals surface area contributed by atoms with E-state index in [9.17, 15) is 4.79 Å². The Labute approximate surface area is 175 Å². The number of benzene rings is 3. The summed E-state index contributed by atoms with van der Waals surface area (Å²) in [5, 5.41) is 3.56. The Morgan fingerprint density at radius 1 is 0.966 bits per heavy atom. The standard InChI is InChI=1S/C23H22ClNO4/c1-15-11-20(8-9-21(15)24)29-14-17-12-16(7-10-22(17)28-3)23(26)25-18-5-4-6-19(13-18)27-2/h4-13H,14H2,1-3H3,(H,25,26). The van der Waals surface area contributed by atoms with Crippen molar-refractivity contribution in [2.24, 2.45) is 0 Å². The molecule has 0 aliphatic rings. The summed E-state index contributed by atoms with van der Waals surface area (Å²) in [4.78, 5) is 12.7. The van der Waals surface area contributed by atoms with Crippen molar-refractivity contribution >= 4 is 23.2 Å². The molecular weight excluding hydrogens is 390 g/mol. The monoisotopic (exact) mass is 411 g/mol. The third-order valence-corrected chi connectivity index (χ3v) is 4.82. The summed E-state index contributed by atoms with van der Waals surface area (Å²) in [7, 11) is 3.17. The Balaban J connectivity index is 1.76. The molecule has 0 aliphatic heterocycles. The van der Waals surface area contributed by atoms with Gasteiger partial charge >= 0.3 is 0 Å². The molecule has 0 aromatic heterocycles. The smallest absolute Gasteiger partial charge is 0.255 e. The molecular formula is C23H22ClNO4. The maximum absolute atomic E-state index is 12.7. The van der Waals surface area contributed by atoms with Crippen LogP contribution < -0.4 is 19.5 Å². The van der Waals surface area contributed by atoms with Crippen molar-refractivity contribution in [2.75, 3.05) is 19.5 Å². The van der Waals surface area contributed by atoms with Crippen LogP contribution in [0.15, 0.2) is 60.7 Å². The normalized spacial score (nSPS) is 10.3. The molecule has 0 heterocycles. The summed E-state index contributed by atoms with van der Waals surface area (Å²) in [6.07, 6.45) is 0. The number of methoxy groups -OCH3 is 2. The van der Waals surface area contributed by atoms with Gasteiger partial charge in [-0.1, -0.05) is 17.7 Å². The van der Waals surface area contributed by atoms with E-state index in [1.54, 1.807) is 56.7 Å². The molecule has 3 aromatic carbocycles. The minimum atomic E-state index is -0.232. The second-order valence-corrected chi connectivity index (χ2v) is 6.82. The van der Waals surface area contributed by atoms with Crippen LogP contribution in [0, 0.1) is 6.92 Å². The highest BCUT2D eigenvalue weighted by Crippen LogP contribution is 2.25. The van der Waals surface area contributed by atoms with E-state index >= 15 is 0 Å². The van der Waals surface area contributed by atoms with Gasteiger partial charge in [0.1, 0.15) is 23.9 Å². The lowest BCUT2D eigenvalue weighted by molar-refractivity contribution is 0.102. The van der Waals surface area contributed by atoms with Gasteiger partial charge in [-0.3, -0.25) is 4.79 Å². The molecule has 1 amide bonds. The van der Waals surface area contributed by atoms with Gasteiger partial charge in [0.2, 0.25) is 0 Å². The van der Waals surface area contributed by atoms with Gasteiger partial charge in [-0.2, -0.15) is 0 Å². The molecule has 0 fully saturated rings. The number of amides is 1. The largest absolute Gasteiger partial charge is 0.497 e. The second kappa shape index (κ2) is 9.34. The van der Waals surface area contributed by atoms with Gasteiger partial charge < -0.3 is 19.5 Å². The van der Waals surface area contributed by atoms with Crippen LogP contribution in [0.2, 0.25) is 5.02 Å². The van der Waals surface area contributed by atoms with Crippen LogP contribution >= 0.6 is 11.6 Å². The van der Waals surface area contributed by atoms with E-state index in [4.69, 9.17) is 25.8 Å². The number of hydrogen-bond donors (Lipinski definition) is 1. The maximum atomic E-state index is 12.7. The maximum Gasteiger partial charge on any atom is 0.255 e. The first kappa shape index (κ1) is 20.6. The number of ether oxygens (including phenoxy) is 3. The molecule has 6 heteroatoms. The van der Waals surface area contributed by atoms with Gasteiger partial charge in [-0.25, -0.2) is 0 Å². The molecule has 0 atom stereocenters. The summed E-state index contributed by atoms with van der Waals surface area (Å²) in [5.74, 6) is 1.78. The fourth-order valence-electron chi connectivity index (χ4n) is 2.80. The number of rotatable bonds is 7. The first-order chi connectivity index (χ1) is 14.0. The fraction of sp³-hybridized carbons (Fsp3) is 0.174. The zero-order chi connectivity index (χ0) is 20.8. The van der Waals surface area contributed by atoms with E-state index in [0.29, 0.717) is 33.5 Å². The van der Waals surface area contributed by atoms with Crippen LogP contribution in [0.1, 0.15) is 21.5 Å². The lowest BCUT2D eigenvalue weighted by Gasteiger charge is -2.13. The lowest BCUT2D eigenvalue weighted by atomic mass is 10.1. The quantitative estimate of drug-likeness (QED) is 0.558. The molecule has 0 unspecified atom stereocenters. The summed E-state index contributed by atoms with van der Waals surface area (Å²) in [6.45, 7) is 2.17. The lowest BCUT2D eigenvalue weighted by Crippen LogP contribution is -2.13. The van der Waals surface area contributed by atoms with E-state index in [0.717, 1.165) is 11.1 Å². The van der Waals surface area contributed by atoms with Gasteiger partial charge in [0, 0.05) is 27.9 Å². The minimum Gasteiger partial charge on any atom is -0.497 e. The Bertz CT molecular complexity index is 1020. The number of halogens is 1. The second-order valence-electron chi connectivity index (χ2n) is 6.41. The van der Waals surface area contributed by atoms with Crippen molar-refractivity contribution in [2.45, 2.75) is 13.5 Å². The highest BCUT2D eigenvalue weighted by atomic mass is 35.5. The molecule has 0 spiro atoms. The molecule has 3 rings (SSSR count). The van der Waals surface area contributed by atoms with E-state index < -0.39 is 0 Å². The number of carbonyl (C=O) groups is 1. The first-order valence-electron chi connectivity index (χ1n) is 9.01. The predicted octanol–water partition coefficient (Wildman–Crippen LogP) is 5.50. The predicted molar refractivity (Wildman–Crippen MR) is 114 cm³/mol. The van der Waals surface area contributed by atoms with Crippen LogP contribution in [0.5, 0.6) is 17.2 Å². The molecule has 5 nitrogen and oxygen atoms in total. The SMILES string of the molecule is COc1cccc(NC(=O)c2ccc(OC)c(COc3ccc(Cl)c(C)c3)c2)c1. The van der Waals surface area contributed by atoms with Crippen molar-refractivity contribution in [1.82, 2.24) is 0 Å². The average Bonchev–Trinajstić information content (AvgIpc) is 2.74. The average molecular weight is 412 g/mol. The first-order valence-corrected chi connectivity index (χ1v) is 9.39. The number of aryl methyl sites for hydroxylation is 1. The minimum absolute atomic E-state index is 0.232. The van der Waals surface area contributed by atoms with Crippen LogP contribution in [-0.4, -0.2) is 20.1 Å². The highest BCUT2D eigenvalue weighted by molar-refractivity contribution is 6.31. The molecule has 150 valence electrons. The zero-order valence-electron chi connectivity index (χ0n) is 16.5. The Morgan fingerprint density at radius 2 is 1.79 bits per heavy atom. The highest BCUT2D eigenvalue weighted by Gasteiger charge is 2.12. The molecule has 0 aliphatic carbocycles. The van der Waals surface area contributed by atoms with Crippen molar-refractivity contribution in [3.63, 3.8) is 0 Å². The number of anilines is 1. The Hall–Kier alpha value is -3.18. The number of hydrogen-bond acceptors (Lipinski definition) is 4. The number of nitrogens with one attached hydrogen (secondary N) is 1. The fourth-order valence-corrected chi connectivity index (χ4v) is 2.92. The van der Waals surface area contributed by atoms with E-state index in [1.165, 1.54) is 0 Å². The molecule has 1 N–H and O–H groups in total. The van der Waals surface area contributed by atoms with Crippen LogP contribution in [0.25, 0.3) is 0 Å². The third kappa shape index (κ3) is 5.21. The van der Waals surface area contributed by atoms with Crippen molar-refractivity contribution in [1.29, 1.82) is 0 Å². The molecule has 3 aromatic rings. The molecule has 0 saturated heterocycles. The van der Waals surface area contributed by atoms with Gasteiger partial charge in [-0.15, -0.1) is 0 Å². The summed E-state index contributed by atoms with van der Waals surface area (Å²) in [5.41, 5.74) is 2.85. The van der Waals surface area contributed by atoms with Crippen molar-refractivity contribution < 1.29 is 19.0 Å². The molecule has 0 saturated carbocycles. The molecule has 29 heavy (non-hydrogen) atoms. The van der Waals surface area contributed by atoms with Crippen LogP contribution in [-0.2, 0) is 6.61 Å². The van der Waals surface area contributed by atoms with Crippen molar-refractivity contribution in [3.05, 3.63) is 82.4 Å². The third-order valence-electron chi connectivity index (χ3n) is 4.39. The van der Waals surface area contributed by atoms with Crippen LogP contribution in [0.4, 0.5) is 5.69 Å². The van der Waals surface area contributed by atoms with Crippen LogP contribution in [0.3, 0.4) is 0 Å². The summed E-state index contributed by atoms with van der Waals surface area (Å²) >= 11 is 6.06. The van der Waals surface area contributed by atoms with Gasteiger partial charge in [0.25, 0.3) is 5.91 Å². The topological polar surface area (TPSA) is 56.8 Å². The Kier molecular flexibility index (Phi) is 6.62. The van der Waals surface area contributed by atoms with Gasteiger partial charge in [0.05, 0.1) is 14.2 Å². The Morgan fingerprint density at radius 3 is 2.52 bits per heavy atom. The molecule has 0 radical (unpaired) electrons. The summed E-state index contributed by atoms with van der Waals surface area (Å²) < 4.78 is 16.5. The summed E-state index contributed by atoms with van der Waals surface area (Å²) in [6, 6.07) is 17.9. The van der Waals surface area contributed by atoms with Crippen molar-refractivity contribution in [3.8, 4) is 17.2 Å². The van der Waals surface area contributed by atoms with E-state index in [2.05, 4.69) is 5.32 Å². The molecule has 0 bridgehead atoms.